The molecule has 8 nitrogen and oxygen atoms in total. The molecule has 240 valence electrons. The highest BCUT2D eigenvalue weighted by atomic mass is 31.2. The lowest BCUT2D eigenvalue weighted by molar-refractivity contribution is 0.0693. The highest BCUT2D eigenvalue weighted by Gasteiger charge is 2.40. The minimum Gasteiger partial charge on any atom is -0.349 e. The Morgan fingerprint density at radius 1 is 0.667 bits per heavy atom. The molecule has 0 spiro atoms. The van der Waals surface area contributed by atoms with Crippen LogP contribution in [-0.2, 0) is 4.57 Å². The van der Waals surface area contributed by atoms with Crippen LogP contribution in [0.2, 0.25) is 0 Å². The van der Waals surface area contributed by atoms with E-state index in [9.17, 15) is 28.7 Å². The van der Waals surface area contributed by atoms with Crippen molar-refractivity contribution >= 4 is 57.5 Å². The molecule has 1 heterocycles. The van der Waals surface area contributed by atoms with E-state index in [-0.39, 0.29) is 28.6 Å². The van der Waals surface area contributed by atoms with Crippen LogP contribution in [0, 0.1) is 0 Å². The van der Waals surface area contributed by atoms with Gasteiger partial charge in [-0.1, -0.05) is 97.1 Å². The van der Waals surface area contributed by atoms with Gasteiger partial charge < -0.3 is 20.0 Å². The summed E-state index contributed by atoms with van der Waals surface area (Å²) in [5.41, 5.74) is -0.964. The number of Topliss-reactive ketones (excluding diaryl/α,β-unsaturated/α-hetero) is 1. The summed E-state index contributed by atoms with van der Waals surface area (Å²) in [6.07, 6.45) is 1.03. The van der Waals surface area contributed by atoms with E-state index >= 15 is 0 Å². The minimum atomic E-state index is -5.04. The molecule has 48 heavy (non-hydrogen) atoms. The molecule has 6 aromatic rings. The average molecular weight is 657 g/mol. The lowest BCUT2D eigenvalue weighted by Gasteiger charge is -2.33. The molecule has 0 bridgehead atoms. The number of hydrogen-bond donors (Lipinski definition) is 3. The van der Waals surface area contributed by atoms with E-state index in [4.69, 9.17) is 0 Å². The van der Waals surface area contributed by atoms with Crippen molar-refractivity contribution in [3.63, 3.8) is 0 Å². The first kappa shape index (κ1) is 31.5. The van der Waals surface area contributed by atoms with Crippen LogP contribution in [0.3, 0.4) is 0 Å². The highest BCUT2D eigenvalue weighted by Crippen LogP contribution is 2.55. The van der Waals surface area contributed by atoms with Gasteiger partial charge in [-0.2, -0.15) is 0 Å². The predicted octanol–water partition coefficient (Wildman–Crippen LogP) is 7.28. The molecule has 1 saturated heterocycles. The largest absolute Gasteiger partial charge is 0.349 e. The molecular weight excluding hydrogens is 623 g/mol. The Kier molecular flexibility index (Phi) is 8.40. The van der Waals surface area contributed by atoms with Gasteiger partial charge in [-0.3, -0.25) is 18.9 Å². The quantitative estimate of drug-likeness (QED) is 0.123. The van der Waals surface area contributed by atoms with Gasteiger partial charge in [0.05, 0.1) is 5.56 Å². The van der Waals surface area contributed by atoms with Crippen molar-refractivity contribution in [1.82, 2.24) is 10.2 Å². The molecular formula is C39H33N2O6P. The molecule has 0 saturated carbocycles. The summed E-state index contributed by atoms with van der Waals surface area (Å²) in [7, 11) is -5.04. The monoisotopic (exact) mass is 656 g/mol. The van der Waals surface area contributed by atoms with Crippen molar-refractivity contribution in [2.75, 3.05) is 13.1 Å². The van der Waals surface area contributed by atoms with E-state index in [1.807, 2.05) is 66.7 Å². The fourth-order valence-corrected chi connectivity index (χ4v) is 7.76. The molecule has 0 aliphatic carbocycles. The Balaban J connectivity index is 1.16. The molecule has 1 aliphatic heterocycles. The molecule has 1 aliphatic rings. The maximum Gasteiger partial charge on any atom is 0.340 e. The number of nitrogens with zero attached hydrogens (tertiary/aromatic N) is 1. The number of carbonyl (C=O) groups excluding carboxylic acids is 3. The standard InChI is InChI=1S/C39H33N2O6P/c42-36(37(48(45,46)47)33-15-7-13-26-9-5-6-14-32(26)33)34-23-28-11-3-4-12-29(28)24-35(34)39(44)41-20-18-31(19-21-41)40-38(43)30-17-16-25-8-1-2-10-27(25)22-30/h1-17,22-24,31,37H,18-21H2,(H,40,43)(H2,45,46,47). The highest BCUT2D eigenvalue weighted by molar-refractivity contribution is 7.53. The number of piperidine rings is 1. The van der Waals surface area contributed by atoms with E-state index in [1.54, 1.807) is 59.5 Å². The summed E-state index contributed by atoms with van der Waals surface area (Å²) < 4.78 is 13.1. The summed E-state index contributed by atoms with van der Waals surface area (Å²) in [5, 5.41) is 7.84. The van der Waals surface area contributed by atoms with Crippen molar-refractivity contribution < 1.29 is 28.7 Å². The van der Waals surface area contributed by atoms with Crippen LogP contribution in [0.4, 0.5) is 0 Å². The molecule has 1 unspecified atom stereocenters. The van der Waals surface area contributed by atoms with Crippen LogP contribution >= 0.6 is 7.60 Å². The number of carbonyl (C=O) groups is 3. The Morgan fingerprint density at radius 3 is 1.90 bits per heavy atom. The summed E-state index contributed by atoms with van der Waals surface area (Å²) in [6, 6.07) is 35.9. The van der Waals surface area contributed by atoms with Crippen molar-refractivity contribution in [3.05, 3.63) is 144 Å². The first-order valence-electron chi connectivity index (χ1n) is 15.9. The number of nitrogens with one attached hydrogen (secondary N) is 1. The fraction of sp³-hybridized carbons (Fsp3) is 0.154. The smallest absolute Gasteiger partial charge is 0.340 e. The first-order valence-corrected chi connectivity index (χ1v) is 17.5. The topological polar surface area (TPSA) is 124 Å². The Labute approximate surface area is 277 Å². The molecule has 2 amide bonds. The second kappa shape index (κ2) is 12.8. The third kappa shape index (κ3) is 6.14. The maximum atomic E-state index is 14.4. The van der Waals surface area contributed by atoms with Crippen molar-refractivity contribution in [2.24, 2.45) is 0 Å². The van der Waals surface area contributed by atoms with Crippen molar-refractivity contribution in [3.8, 4) is 0 Å². The van der Waals surface area contributed by atoms with Gasteiger partial charge in [-0.15, -0.1) is 0 Å². The number of ketones is 1. The Bertz CT molecular complexity index is 2270. The van der Waals surface area contributed by atoms with E-state index in [0.29, 0.717) is 42.3 Å². The summed E-state index contributed by atoms with van der Waals surface area (Å²) in [6.45, 7) is 0.681. The SMILES string of the molecule is O=C(NC1CCN(C(=O)c2cc3ccccc3cc2C(=O)C(c2cccc3ccccc23)P(=O)(O)O)CC1)c1ccc2ccccc2c1. The third-order valence-corrected chi connectivity index (χ3v) is 10.4. The van der Waals surface area contributed by atoms with Gasteiger partial charge in [0.2, 0.25) is 0 Å². The first-order chi connectivity index (χ1) is 23.2. The van der Waals surface area contributed by atoms with Gasteiger partial charge in [0.15, 0.2) is 5.78 Å². The molecule has 0 radical (unpaired) electrons. The maximum absolute atomic E-state index is 14.4. The molecule has 6 aromatic carbocycles. The van der Waals surface area contributed by atoms with Crippen LogP contribution in [0.1, 0.15) is 55.1 Å². The van der Waals surface area contributed by atoms with Crippen LogP contribution in [0.5, 0.6) is 0 Å². The van der Waals surface area contributed by atoms with Gasteiger partial charge >= 0.3 is 7.60 Å². The minimum absolute atomic E-state index is 0.0355. The van der Waals surface area contributed by atoms with Crippen molar-refractivity contribution in [2.45, 2.75) is 24.5 Å². The average Bonchev–Trinajstić information content (AvgIpc) is 3.10. The zero-order valence-corrected chi connectivity index (χ0v) is 26.8. The van der Waals surface area contributed by atoms with Crippen molar-refractivity contribution in [1.29, 1.82) is 0 Å². The van der Waals surface area contributed by atoms with Gasteiger partial charge in [0, 0.05) is 30.3 Å². The van der Waals surface area contributed by atoms with Gasteiger partial charge in [0.1, 0.15) is 5.66 Å². The number of hydrogen-bond acceptors (Lipinski definition) is 4. The number of rotatable bonds is 7. The zero-order chi connectivity index (χ0) is 33.4. The lowest BCUT2D eigenvalue weighted by Crippen LogP contribution is -2.46. The molecule has 9 heteroatoms. The molecule has 7 rings (SSSR count). The number of fused-ring (bicyclic) bond motifs is 3. The van der Waals surface area contributed by atoms with Gasteiger partial charge in [-0.05, 0) is 75.0 Å². The van der Waals surface area contributed by atoms with E-state index in [0.717, 1.165) is 21.5 Å². The lowest BCUT2D eigenvalue weighted by atomic mass is 9.92. The van der Waals surface area contributed by atoms with Crippen LogP contribution in [-0.4, -0.2) is 51.4 Å². The second-order valence-electron chi connectivity index (χ2n) is 12.3. The summed E-state index contributed by atoms with van der Waals surface area (Å²) >= 11 is 0. The number of benzene rings is 6. The van der Waals surface area contributed by atoms with E-state index < -0.39 is 24.9 Å². The van der Waals surface area contributed by atoms with Crippen LogP contribution < -0.4 is 5.32 Å². The van der Waals surface area contributed by atoms with Gasteiger partial charge in [-0.25, -0.2) is 0 Å². The summed E-state index contributed by atoms with van der Waals surface area (Å²) in [4.78, 5) is 64.5. The Hall–Kier alpha value is -5.14. The molecule has 1 atom stereocenters. The normalized spacial score (nSPS) is 14.7. The molecule has 0 aromatic heterocycles. The number of likely N-dealkylation sites (tertiary alicyclic amines) is 1. The van der Waals surface area contributed by atoms with Crippen LogP contribution in [0.25, 0.3) is 32.3 Å². The zero-order valence-electron chi connectivity index (χ0n) is 26.0. The predicted molar refractivity (Wildman–Crippen MR) is 187 cm³/mol. The van der Waals surface area contributed by atoms with E-state index in [1.165, 1.54) is 0 Å². The number of amides is 2. The second-order valence-corrected chi connectivity index (χ2v) is 14.0. The fourth-order valence-electron chi connectivity index (χ4n) is 6.73. The van der Waals surface area contributed by atoms with Gasteiger partial charge in [0.25, 0.3) is 11.8 Å². The van der Waals surface area contributed by atoms with E-state index in [2.05, 4.69) is 5.32 Å². The third-order valence-electron chi connectivity index (χ3n) is 9.21. The molecule has 1 fully saturated rings. The van der Waals surface area contributed by atoms with Crippen LogP contribution in [0.15, 0.2) is 121 Å². The summed E-state index contributed by atoms with van der Waals surface area (Å²) in [5.74, 6) is -1.39. The Morgan fingerprint density at radius 2 is 1.23 bits per heavy atom. The molecule has 3 N–H and O–H groups in total.